The van der Waals surface area contributed by atoms with Gasteiger partial charge in [0.25, 0.3) is 0 Å². The van der Waals surface area contributed by atoms with Crippen molar-refractivity contribution in [1.29, 1.82) is 0 Å². The summed E-state index contributed by atoms with van der Waals surface area (Å²) in [6.45, 7) is 4.70. The topological polar surface area (TPSA) is 68.2 Å². The molecule has 0 radical (unpaired) electrons. The van der Waals surface area contributed by atoms with Crippen LogP contribution < -0.4 is 5.73 Å². The van der Waals surface area contributed by atoms with E-state index in [-0.39, 0.29) is 0 Å². The minimum Gasteiger partial charge on any atom is -0.398 e. The highest BCUT2D eigenvalue weighted by atomic mass is 16.5. The molecule has 106 valence electrons. The maximum atomic E-state index is 6.06. The van der Waals surface area contributed by atoms with E-state index >= 15 is 0 Å². The van der Waals surface area contributed by atoms with Gasteiger partial charge in [-0.05, 0) is 30.0 Å². The van der Waals surface area contributed by atoms with E-state index in [1.165, 1.54) is 11.1 Å². The van der Waals surface area contributed by atoms with E-state index in [1.54, 1.807) is 0 Å². The Morgan fingerprint density at radius 3 is 3.15 bits per heavy atom. The fourth-order valence-electron chi connectivity index (χ4n) is 2.67. The van der Waals surface area contributed by atoms with Crippen LogP contribution in [0.4, 0.5) is 5.69 Å². The van der Waals surface area contributed by atoms with Gasteiger partial charge in [-0.2, -0.15) is 4.98 Å². The average molecular weight is 272 g/mol. The summed E-state index contributed by atoms with van der Waals surface area (Å²) in [6, 6.07) is 6.16. The molecule has 0 atom stereocenters. The normalized spacial score (nSPS) is 15.2. The second-order valence-electron chi connectivity index (χ2n) is 5.30. The highest BCUT2D eigenvalue weighted by Crippen LogP contribution is 2.24. The molecule has 0 spiro atoms. The molecule has 0 bridgehead atoms. The predicted molar refractivity (Wildman–Crippen MR) is 77.0 cm³/mol. The van der Waals surface area contributed by atoms with Crippen LogP contribution in [0.3, 0.4) is 0 Å². The molecular formula is C15H20N4O. The van der Waals surface area contributed by atoms with Gasteiger partial charge in [0.2, 0.25) is 5.89 Å². The minimum absolute atomic E-state index is 0.723. The molecule has 1 aliphatic heterocycles. The summed E-state index contributed by atoms with van der Waals surface area (Å²) in [5.41, 5.74) is 9.55. The van der Waals surface area contributed by atoms with Crippen LogP contribution in [0.1, 0.15) is 36.2 Å². The van der Waals surface area contributed by atoms with Gasteiger partial charge in [-0.3, -0.25) is 4.90 Å². The summed E-state index contributed by atoms with van der Waals surface area (Å²) in [4.78, 5) is 6.74. The molecule has 0 amide bonds. The Hall–Kier alpha value is -1.88. The first-order chi connectivity index (χ1) is 9.76. The molecule has 0 saturated carbocycles. The standard InChI is InChI=1S/C15H20N4O/c1-2-4-15-17-14(18-20-15)10-19-8-7-11-5-3-6-13(16)12(11)9-19/h3,5-6H,2,4,7-10,16H2,1H3. The van der Waals surface area contributed by atoms with Crippen molar-refractivity contribution in [3.05, 3.63) is 41.0 Å². The van der Waals surface area contributed by atoms with Crippen molar-refractivity contribution in [2.75, 3.05) is 12.3 Å². The zero-order chi connectivity index (χ0) is 13.9. The Kier molecular flexibility index (Phi) is 3.69. The van der Waals surface area contributed by atoms with Gasteiger partial charge in [-0.1, -0.05) is 24.2 Å². The molecule has 1 aromatic heterocycles. The minimum atomic E-state index is 0.723. The lowest BCUT2D eigenvalue weighted by Gasteiger charge is -2.28. The van der Waals surface area contributed by atoms with Crippen LogP contribution in [0.25, 0.3) is 0 Å². The summed E-state index contributed by atoms with van der Waals surface area (Å²) in [6.07, 6.45) is 2.90. The van der Waals surface area contributed by atoms with Crippen LogP contribution in [0.5, 0.6) is 0 Å². The second kappa shape index (κ2) is 5.63. The number of benzene rings is 1. The van der Waals surface area contributed by atoms with Crippen molar-refractivity contribution in [3.8, 4) is 0 Å². The van der Waals surface area contributed by atoms with Gasteiger partial charge in [0, 0.05) is 25.2 Å². The molecule has 2 N–H and O–H groups in total. The highest BCUT2D eigenvalue weighted by Gasteiger charge is 2.19. The van der Waals surface area contributed by atoms with E-state index < -0.39 is 0 Å². The lowest BCUT2D eigenvalue weighted by Crippen LogP contribution is -2.31. The average Bonchev–Trinajstić information content (AvgIpc) is 2.88. The zero-order valence-electron chi connectivity index (χ0n) is 11.8. The third kappa shape index (κ3) is 2.67. The number of anilines is 1. The molecule has 1 aromatic carbocycles. The third-order valence-electron chi connectivity index (χ3n) is 3.73. The van der Waals surface area contributed by atoms with Crippen LogP contribution in [-0.2, 0) is 25.9 Å². The predicted octanol–water partition coefficient (Wildman–Crippen LogP) is 2.16. The van der Waals surface area contributed by atoms with E-state index in [0.717, 1.165) is 56.3 Å². The van der Waals surface area contributed by atoms with E-state index in [4.69, 9.17) is 10.3 Å². The van der Waals surface area contributed by atoms with E-state index in [0.29, 0.717) is 0 Å². The third-order valence-corrected chi connectivity index (χ3v) is 3.73. The first-order valence-electron chi connectivity index (χ1n) is 7.16. The maximum Gasteiger partial charge on any atom is 0.226 e. The van der Waals surface area contributed by atoms with Crippen molar-refractivity contribution < 1.29 is 4.52 Å². The summed E-state index contributed by atoms with van der Waals surface area (Å²) < 4.78 is 5.23. The molecule has 5 nitrogen and oxygen atoms in total. The Morgan fingerprint density at radius 1 is 1.40 bits per heavy atom. The summed E-state index contributed by atoms with van der Waals surface area (Å²) in [5, 5.41) is 4.05. The van der Waals surface area contributed by atoms with E-state index in [1.807, 2.05) is 12.1 Å². The van der Waals surface area contributed by atoms with Gasteiger partial charge >= 0.3 is 0 Å². The van der Waals surface area contributed by atoms with Crippen LogP contribution in [0, 0.1) is 0 Å². The Balaban J connectivity index is 1.69. The van der Waals surface area contributed by atoms with Gasteiger partial charge in [-0.25, -0.2) is 0 Å². The molecule has 0 saturated heterocycles. The van der Waals surface area contributed by atoms with Crippen molar-refractivity contribution in [3.63, 3.8) is 0 Å². The number of aromatic nitrogens is 2. The molecule has 5 heteroatoms. The molecule has 0 aliphatic carbocycles. The second-order valence-corrected chi connectivity index (χ2v) is 5.30. The number of nitrogen functional groups attached to an aromatic ring is 1. The van der Waals surface area contributed by atoms with Crippen LogP contribution in [-0.4, -0.2) is 21.6 Å². The summed E-state index contributed by atoms with van der Waals surface area (Å²) in [5.74, 6) is 1.51. The Labute approximate surface area is 118 Å². The molecule has 3 rings (SSSR count). The monoisotopic (exact) mass is 272 g/mol. The number of fused-ring (bicyclic) bond motifs is 1. The molecule has 0 fully saturated rings. The molecule has 0 unspecified atom stereocenters. The number of rotatable bonds is 4. The van der Waals surface area contributed by atoms with Crippen LogP contribution >= 0.6 is 0 Å². The number of hydrogen-bond donors (Lipinski definition) is 1. The molecular weight excluding hydrogens is 252 g/mol. The molecule has 2 heterocycles. The van der Waals surface area contributed by atoms with Gasteiger partial charge < -0.3 is 10.3 Å². The Morgan fingerprint density at radius 2 is 2.30 bits per heavy atom. The Bertz CT molecular complexity index is 593. The van der Waals surface area contributed by atoms with Gasteiger partial charge in [0.15, 0.2) is 5.82 Å². The van der Waals surface area contributed by atoms with Crippen molar-refractivity contribution in [1.82, 2.24) is 15.0 Å². The number of nitrogens with zero attached hydrogens (tertiary/aromatic N) is 3. The fourth-order valence-corrected chi connectivity index (χ4v) is 2.67. The highest BCUT2D eigenvalue weighted by molar-refractivity contribution is 5.51. The smallest absolute Gasteiger partial charge is 0.226 e. The van der Waals surface area contributed by atoms with E-state index in [2.05, 4.69) is 28.0 Å². The number of hydrogen-bond acceptors (Lipinski definition) is 5. The zero-order valence-corrected chi connectivity index (χ0v) is 11.8. The van der Waals surface area contributed by atoms with Gasteiger partial charge in [0.1, 0.15) is 0 Å². The lowest BCUT2D eigenvalue weighted by molar-refractivity contribution is 0.236. The molecule has 1 aliphatic rings. The van der Waals surface area contributed by atoms with Crippen LogP contribution in [0.15, 0.2) is 22.7 Å². The largest absolute Gasteiger partial charge is 0.398 e. The SMILES string of the molecule is CCCc1nc(CN2CCc3cccc(N)c3C2)no1. The first-order valence-corrected chi connectivity index (χ1v) is 7.16. The van der Waals surface area contributed by atoms with Crippen LogP contribution in [0.2, 0.25) is 0 Å². The van der Waals surface area contributed by atoms with Gasteiger partial charge in [0.05, 0.1) is 6.54 Å². The van der Waals surface area contributed by atoms with E-state index in [9.17, 15) is 0 Å². The quantitative estimate of drug-likeness (QED) is 0.864. The molecule has 20 heavy (non-hydrogen) atoms. The fraction of sp³-hybridized carbons (Fsp3) is 0.467. The lowest BCUT2D eigenvalue weighted by atomic mass is 9.98. The van der Waals surface area contributed by atoms with Crippen molar-refractivity contribution in [2.45, 2.75) is 39.3 Å². The van der Waals surface area contributed by atoms with Crippen molar-refractivity contribution >= 4 is 5.69 Å². The number of nitrogens with two attached hydrogens (primary N) is 1. The van der Waals surface area contributed by atoms with Gasteiger partial charge in [-0.15, -0.1) is 0 Å². The maximum absolute atomic E-state index is 6.06. The number of aryl methyl sites for hydroxylation is 1. The summed E-state index contributed by atoms with van der Waals surface area (Å²) in [7, 11) is 0. The first kappa shape index (κ1) is 13.1. The summed E-state index contributed by atoms with van der Waals surface area (Å²) >= 11 is 0. The van der Waals surface area contributed by atoms with Crippen molar-refractivity contribution in [2.24, 2.45) is 0 Å². The molecule has 2 aromatic rings.